The molecule has 0 aromatic carbocycles. The summed E-state index contributed by atoms with van der Waals surface area (Å²) in [6, 6.07) is 0. The van der Waals surface area contributed by atoms with Crippen molar-refractivity contribution in [2.75, 3.05) is 0 Å². The summed E-state index contributed by atoms with van der Waals surface area (Å²) in [6.07, 6.45) is -5.44. The molecular weight excluding hydrogens is 188 g/mol. The molecule has 1 saturated heterocycles. The molecule has 0 radical (unpaired) electrons. The van der Waals surface area contributed by atoms with E-state index in [0.717, 1.165) is 0 Å². The molecule has 5 nitrogen and oxygen atoms in total. The number of hydrogen-bond acceptors (Lipinski definition) is 5. The predicted octanol–water partition coefficient (Wildman–Crippen LogP) is -0.778. The Morgan fingerprint density at radius 1 is 0.929 bits per heavy atom. The van der Waals surface area contributed by atoms with Crippen LogP contribution >= 0.6 is 0 Å². The van der Waals surface area contributed by atoms with E-state index in [4.69, 9.17) is 14.9 Å². The third-order valence-electron chi connectivity index (χ3n) is 2.09. The van der Waals surface area contributed by atoms with Crippen molar-refractivity contribution in [2.24, 2.45) is 0 Å². The molecule has 0 aromatic heterocycles. The minimum atomic E-state index is -1.43. The van der Waals surface area contributed by atoms with Gasteiger partial charge in [-0.15, -0.1) is 0 Å². The third-order valence-corrected chi connectivity index (χ3v) is 2.09. The van der Waals surface area contributed by atoms with Gasteiger partial charge in [-0.1, -0.05) is 20.8 Å². The van der Waals surface area contributed by atoms with Gasteiger partial charge in [-0.2, -0.15) is 0 Å². The average molecular weight is 208 g/mol. The Labute approximate surface area is 83.9 Å². The van der Waals surface area contributed by atoms with Gasteiger partial charge in [0.2, 0.25) is 0 Å². The minimum Gasteiger partial charge on any atom is -0.388 e. The molecule has 0 bridgehead atoms. The molecule has 1 heterocycles. The SMILES string of the molecule is CC.CCC1OC(O)C(O)C(O)C1O. The van der Waals surface area contributed by atoms with Crippen molar-refractivity contribution < 1.29 is 25.2 Å². The van der Waals surface area contributed by atoms with E-state index >= 15 is 0 Å². The number of aliphatic hydroxyl groups excluding tert-OH is 4. The van der Waals surface area contributed by atoms with Crippen molar-refractivity contribution >= 4 is 0 Å². The van der Waals surface area contributed by atoms with Gasteiger partial charge in [0.1, 0.15) is 18.3 Å². The monoisotopic (exact) mass is 208 g/mol. The fourth-order valence-electron chi connectivity index (χ4n) is 1.27. The van der Waals surface area contributed by atoms with Crippen LogP contribution in [0.15, 0.2) is 0 Å². The predicted molar refractivity (Wildman–Crippen MR) is 50.5 cm³/mol. The third kappa shape index (κ3) is 2.90. The summed E-state index contributed by atoms with van der Waals surface area (Å²) in [5, 5.41) is 36.5. The average Bonchev–Trinajstić information content (AvgIpc) is 2.23. The maximum absolute atomic E-state index is 9.28. The molecule has 5 heteroatoms. The Bertz CT molecular complexity index is 147. The van der Waals surface area contributed by atoms with E-state index in [1.54, 1.807) is 6.92 Å². The van der Waals surface area contributed by atoms with Crippen molar-refractivity contribution in [1.82, 2.24) is 0 Å². The molecule has 0 spiro atoms. The second kappa shape index (κ2) is 6.31. The minimum absolute atomic E-state index is 0.474. The molecule has 1 rings (SSSR count). The van der Waals surface area contributed by atoms with Crippen LogP contribution in [0.5, 0.6) is 0 Å². The zero-order valence-electron chi connectivity index (χ0n) is 8.79. The molecule has 1 fully saturated rings. The molecule has 4 N–H and O–H groups in total. The van der Waals surface area contributed by atoms with Crippen LogP contribution in [0.1, 0.15) is 27.2 Å². The Balaban J connectivity index is 0.000000791. The molecule has 5 unspecified atom stereocenters. The lowest BCUT2D eigenvalue weighted by molar-refractivity contribution is -0.281. The van der Waals surface area contributed by atoms with Crippen LogP contribution in [-0.4, -0.2) is 51.1 Å². The summed E-state index contributed by atoms with van der Waals surface area (Å²) in [6.45, 7) is 5.75. The van der Waals surface area contributed by atoms with E-state index in [9.17, 15) is 10.2 Å². The number of aliphatic hydroxyl groups is 4. The van der Waals surface area contributed by atoms with Gasteiger partial charge in [0.25, 0.3) is 0 Å². The molecule has 0 aromatic rings. The van der Waals surface area contributed by atoms with Crippen LogP contribution in [-0.2, 0) is 4.74 Å². The van der Waals surface area contributed by atoms with E-state index < -0.39 is 30.7 Å². The quantitative estimate of drug-likeness (QED) is 0.454. The van der Waals surface area contributed by atoms with Gasteiger partial charge < -0.3 is 25.2 Å². The first kappa shape index (κ1) is 13.8. The van der Waals surface area contributed by atoms with Crippen LogP contribution in [0.2, 0.25) is 0 Å². The van der Waals surface area contributed by atoms with Gasteiger partial charge in [0, 0.05) is 0 Å². The van der Waals surface area contributed by atoms with Gasteiger partial charge in [-0.3, -0.25) is 0 Å². The zero-order chi connectivity index (χ0) is 11.3. The van der Waals surface area contributed by atoms with Crippen molar-refractivity contribution in [3.05, 3.63) is 0 Å². The summed E-state index contributed by atoms with van der Waals surface area (Å²) in [7, 11) is 0. The molecule has 0 aliphatic carbocycles. The van der Waals surface area contributed by atoms with Crippen LogP contribution < -0.4 is 0 Å². The van der Waals surface area contributed by atoms with Crippen molar-refractivity contribution in [3.8, 4) is 0 Å². The lowest BCUT2D eigenvalue weighted by Gasteiger charge is -2.37. The molecule has 5 atom stereocenters. The Morgan fingerprint density at radius 3 is 1.86 bits per heavy atom. The largest absolute Gasteiger partial charge is 0.388 e. The van der Waals surface area contributed by atoms with Gasteiger partial charge >= 0.3 is 0 Å². The van der Waals surface area contributed by atoms with Gasteiger partial charge in [0.15, 0.2) is 6.29 Å². The maximum atomic E-state index is 9.28. The lowest BCUT2D eigenvalue weighted by atomic mass is 9.97. The summed E-state index contributed by atoms with van der Waals surface area (Å²) in [4.78, 5) is 0. The Morgan fingerprint density at radius 2 is 1.43 bits per heavy atom. The summed E-state index contributed by atoms with van der Waals surface area (Å²) < 4.78 is 4.83. The van der Waals surface area contributed by atoms with Crippen molar-refractivity contribution in [2.45, 2.75) is 57.9 Å². The number of ether oxygens (including phenoxy) is 1. The van der Waals surface area contributed by atoms with Crippen LogP contribution in [0.3, 0.4) is 0 Å². The number of hydrogen-bond donors (Lipinski definition) is 4. The van der Waals surface area contributed by atoms with Gasteiger partial charge in [-0.25, -0.2) is 0 Å². The first-order chi connectivity index (χ1) is 6.57. The van der Waals surface area contributed by atoms with Gasteiger partial charge in [0.05, 0.1) is 6.10 Å². The molecule has 0 saturated carbocycles. The Hall–Kier alpha value is -0.200. The van der Waals surface area contributed by atoms with E-state index in [1.807, 2.05) is 13.8 Å². The van der Waals surface area contributed by atoms with E-state index in [0.29, 0.717) is 6.42 Å². The fourth-order valence-corrected chi connectivity index (χ4v) is 1.27. The lowest BCUT2D eigenvalue weighted by Crippen LogP contribution is -2.57. The van der Waals surface area contributed by atoms with Crippen LogP contribution in [0, 0.1) is 0 Å². The highest BCUT2D eigenvalue weighted by Crippen LogP contribution is 2.21. The second-order valence-electron chi connectivity index (χ2n) is 2.95. The second-order valence-corrected chi connectivity index (χ2v) is 2.95. The smallest absolute Gasteiger partial charge is 0.183 e. The zero-order valence-corrected chi connectivity index (χ0v) is 8.79. The molecule has 14 heavy (non-hydrogen) atoms. The van der Waals surface area contributed by atoms with Crippen LogP contribution in [0.4, 0.5) is 0 Å². The standard InChI is InChI=1S/C7H14O5.C2H6/c1-2-3-4(8)5(9)6(10)7(11)12-3;1-2/h3-11H,2H2,1H3;1-2H3. The normalized spacial score (nSPS) is 42.6. The molecule has 86 valence electrons. The summed E-state index contributed by atoms with van der Waals surface area (Å²) in [5.41, 5.74) is 0. The Kier molecular flexibility index (Phi) is 6.22. The van der Waals surface area contributed by atoms with Crippen molar-refractivity contribution in [3.63, 3.8) is 0 Å². The van der Waals surface area contributed by atoms with E-state index in [-0.39, 0.29) is 0 Å². The van der Waals surface area contributed by atoms with Crippen molar-refractivity contribution in [1.29, 1.82) is 0 Å². The number of rotatable bonds is 1. The van der Waals surface area contributed by atoms with Crippen LogP contribution in [0.25, 0.3) is 0 Å². The molecule has 0 amide bonds. The maximum Gasteiger partial charge on any atom is 0.183 e. The molecule has 1 aliphatic heterocycles. The first-order valence-electron chi connectivity index (χ1n) is 4.95. The summed E-state index contributed by atoms with van der Waals surface area (Å²) >= 11 is 0. The van der Waals surface area contributed by atoms with Gasteiger partial charge in [-0.05, 0) is 6.42 Å². The van der Waals surface area contributed by atoms with E-state index in [2.05, 4.69) is 0 Å². The highest BCUT2D eigenvalue weighted by Gasteiger charge is 2.41. The molecular formula is C9H20O5. The summed E-state index contributed by atoms with van der Waals surface area (Å²) in [5.74, 6) is 0. The highest BCUT2D eigenvalue weighted by molar-refractivity contribution is 4.87. The first-order valence-corrected chi connectivity index (χ1v) is 4.95. The topological polar surface area (TPSA) is 90.2 Å². The fraction of sp³-hybridized carbons (Fsp3) is 1.00. The highest BCUT2D eigenvalue weighted by atomic mass is 16.6. The molecule has 1 aliphatic rings. The van der Waals surface area contributed by atoms with E-state index in [1.165, 1.54) is 0 Å².